The molecule has 0 atom stereocenters. The number of fused-ring (bicyclic) bond motifs is 1. The van der Waals surface area contributed by atoms with Gasteiger partial charge in [-0.05, 0) is 43.2 Å². The fourth-order valence-corrected chi connectivity index (χ4v) is 5.44. The second kappa shape index (κ2) is 11.6. The molecule has 1 fully saturated rings. The van der Waals surface area contributed by atoms with Crippen LogP contribution in [0.2, 0.25) is 0 Å². The summed E-state index contributed by atoms with van der Waals surface area (Å²) in [5.41, 5.74) is 4.07. The number of thiazole rings is 1. The van der Waals surface area contributed by atoms with Gasteiger partial charge in [0.1, 0.15) is 0 Å². The lowest BCUT2D eigenvalue weighted by atomic mass is 10.0. The van der Waals surface area contributed by atoms with E-state index in [1.165, 1.54) is 52.4 Å². The number of aryl methyl sites for hydroxylation is 3. The van der Waals surface area contributed by atoms with Gasteiger partial charge in [-0.3, -0.25) is 9.89 Å². The molecule has 1 saturated heterocycles. The Morgan fingerprint density at radius 1 is 1.13 bits per heavy atom. The molecule has 0 amide bonds. The topological polar surface area (TPSA) is 61.8 Å². The van der Waals surface area contributed by atoms with Crippen LogP contribution in [-0.4, -0.2) is 55.7 Å². The molecule has 0 unspecified atom stereocenters. The SMILES string of the molecule is CN=C(NCCCc1nc2c(s1)CCCC2)NCc1ccccc1CN1CCOCC1. The van der Waals surface area contributed by atoms with Gasteiger partial charge in [-0.1, -0.05) is 24.3 Å². The Morgan fingerprint density at radius 3 is 2.74 bits per heavy atom. The van der Waals surface area contributed by atoms with E-state index >= 15 is 0 Å². The standard InChI is InChI=1S/C24H35N5OS/c1-25-24(26-12-6-11-23-28-21-9-4-5-10-22(21)31-23)27-17-19-7-2-3-8-20(19)18-29-13-15-30-16-14-29/h2-3,7-8H,4-6,9-18H2,1H3,(H2,25,26,27). The number of hydrogen-bond acceptors (Lipinski definition) is 5. The van der Waals surface area contributed by atoms with Gasteiger partial charge in [-0.25, -0.2) is 4.98 Å². The zero-order chi connectivity index (χ0) is 21.3. The number of ether oxygens (including phenoxy) is 1. The van der Waals surface area contributed by atoms with Crippen molar-refractivity contribution in [2.45, 2.75) is 51.6 Å². The Balaban J connectivity index is 1.21. The highest BCUT2D eigenvalue weighted by atomic mass is 32.1. The first-order chi connectivity index (χ1) is 15.3. The van der Waals surface area contributed by atoms with Crippen LogP contribution in [-0.2, 0) is 37.1 Å². The van der Waals surface area contributed by atoms with Crippen molar-refractivity contribution in [2.75, 3.05) is 39.9 Å². The number of aliphatic imine (C=N–C) groups is 1. The Labute approximate surface area is 190 Å². The van der Waals surface area contributed by atoms with E-state index < -0.39 is 0 Å². The number of aromatic nitrogens is 1. The summed E-state index contributed by atoms with van der Waals surface area (Å²) in [5, 5.41) is 8.25. The summed E-state index contributed by atoms with van der Waals surface area (Å²) in [6.07, 6.45) is 7.15. The van der Waals surface area contributed by atoms with Crippen molar-refractivity contribution in [2.24, 2.45) is 4.99 Å². The minimum absolute atomic E-state index is 0.777. The zero-order valence-electron chi connectivity index (χ0n) is 18.7. The lowest BCUT2D eigenvalue weighted by molar-refractivity contribution is 0.0341. The van der Waals surface area contributed by atoms with E-state index in [0.29, 0.717) is 0 Å². The van der Waals surface area contributed by atoms with Crippen LogP contribution in [0, 0.1) is 0 Å². The summed E-state index contributed by atoms with van der Waals surface area (Å²) in [5.74, 6) is 0.861. The van der Waals surface area contributed by atoms with Crippen LogP contribution in [0.4, 0.5) is 0 Å². The van der Waals surface area contributed by atoms with Crippen molar-refractivity contribution in [3.63, 3.8) is 0 Å². The molecule has 6 nitrogen and oxygen atoms in total. The molecule has 1 aliphatic heterocycles. The van der Waals surface area contributed by atoms with Crippen molar-refractivity contribution < 1.29 is 4.74 Å². The van der Waals surface area contributed by atoms with Crippen molar-refractivity contribution in [3.05, 3.63) is 51.0 Å². The molecule has 4 rings (SSSR count). The van der Waals surface area contributed by atoms with Crippen LogP contribution in [0.1, 0.15) is 46.0 Å². The zero-order valence-corrected chi connectivity index (χ0v) is 19.5. The van der Waals surface area contributed by atoms with E-state index in [1.54, 1.807) is 0 Å². The average molecular weight is 442 g/mol. The highest BCUT2D eigenvalue weighted by Gasteiger charge is 2.15. The van der Waals surface area contributed by atoms with E-state index in [-0.39, 0.29) is 0 Å². The maximum Gasteiger partial charge on any atom is 0.191 e. The third-order valence-electron chi connectivity index (χ3n) is 6.04. The summed E-state index contributed by atoms with van der Waals surface area (Å²) in [6, 6.07) is 8.68. The first kappa shape index (κ1) is 22.2. The number of nitrogens with one attached hydrogen (secondary N) is 2. The van der Waals surface area contributed by atoms with Crippen LogP contribution in [0.25, 0.3) is 0 Å². The van der Waals surface area contributed by atoms with Crippen LogP contribution < -0.4 is 10.6 Å². The van der Waals surface area contributed by atoms with Gasteiger partial charge in [-0.15, -0.1) is 11.3 Å². The molecule has 168 valence electrons. The van der Waals surface area contributed by atoms with Gasteiger partial charge in [0.2, 0.25) is 0 Å². The molecule has 7 heteroatoms. The third-order valence-corrected chi connectivity index (χ3v) is 7.25. The lowest BCUT2D eigenvalue weighted by Gasteiger charge is -2.27. The Morgan fingerprint density at radius 2 is 1.94 bits per heavy atom. The third kappa shape index (κ3) is 6.51. The number of guanidine groups is 1. The fourth-order valence-electron chi connectivity index (χ4n) is 4.24. The summed E-state index contributed by atoms with van der Waals surface area (Å²) < 4.78 is 5.48. The highest BCUT2D eigenvalue weighted by molar-refractivity contribution is 7.11. The molecule has 0 spiro atoms. The molecule has 0 saturated carbocycles. The second-order valence-electron chi connectivity index (χ2n) is 8.30. The largest absolute Gasteiger partial charge is 0.379 e. The van der Waals surface area contributed by atoms with Gasteiger partial charge in [0, 0.05) is 51.1 Å². The van der Waals surface area contributed by atoms with E-state index in [0.717, 1.165) is 64.7 Å². The molecule has 2 N–H and O–H groups in total. The predicted octanol–water partition coefficient (Wildman–Crippen LogP) is 3.15. The van der Waals surface area contributed by atoms with Gasteiger partial charge in [-0.2, -0.15) is 0 Å². The monoisotopic (exact) mass is 441 g/mol. The first-order valence-electron chi connectivity index (χ1n) is 11.6. The molecule has 1 aromatic carbocycles. The fraction of sp³-hybridized carbons (Fsp3) is 0.583. The van der Waals surface area contributed by atoms with E-state index in [2.05, 4.69) is 44.8 Å². The first-order valence-corrected chi connectivity index (χ1v) is 12.4. The average Bonchev–Trinajstić information content (AvgIpc) is 3.23. The number of morpholine rings is 1. The molecule has 0 radical (unpaired) electrons. The molecular formula is C24H35N5OS. The van der Waals surface area contributed by atoms with Crippen molar-refractivity contribution in [3.8, 4) is 0 Å². The number of nitrogens with zero attached hydrogens (tertiary/aromatic N) is 3. The molecule has 31 heavy (non-hydrogen) atoms. The van der Waals surface area contributed by atoms with Crippen molar-refractivity contribution in [1.82, 2.24) is 20.5 Å². The van der Waals surface area contributed by atoms with Crippen LogP contribution in [0.15, 0.2) is 29.3 Å². The maximum atomic E-state index is 5.48. The summed E-state index contributed by atoms with van der Waals surface area (Å²) in [4.78, 5) is 13.2. The molecule has 1 aromatic heterocycles. The van der Waals surface area contributed by atoms with Gasteiger partial charge in [0.15, 0.2) is 5.96 Å². The highest BCUT2D eigenvalue weighted by Crippen LogP contribution is 2.27. The molecule has 1 aliphatic carbocycles. The van der Waals surface area contributed by atoms with Crippen LogP contribution in [0.5, 0.6) is 0 Å². The molecule has 2 aromatic rings. The predicted molar refractivity (Wildman–Crippen MR) is 128 cm³/mol. The van der Waals surface area contributed by atoms with E-state index in [1.807, 2.05) is 18.4 Å². The van der Waals surface area contributed by atoms with Gasteiger partial charge >= 0.3 is 0 Å². The number of rotatable bonds is 8. The molecular weight excluding hydrogens is 406 g/mol. The normalized spacial score (nSPS) is 17.4. The maximum absolute atomic E-state index is 5.48. The Kier molecular flexibility index (Phi) is 8.32. The van der Waals surface area contributed by atoms with E-state index in [4.69, 9.17) is 9.72 Å². The molecule has 2 heterocycles. The van der Waals surface area contributed by atoms with Gasteiger partial charge < -0.3 is 15.4 Å². The smallest absolute Gasteiger partial charge is 0.191 e. The van der Waals surface area contributed by atoms with Crippen molar-refractivity contribution >= 4 is 17.3 Å². The minimum Gasteiger partial charge on any atom is -0.379 e. The Bertz CT molecular complexity index is 836. The quantitative estimate of drug-likeness (QED) is 0.374. The number of hydrogen-bond donors (Lipinski definition) is 2. The minimum atomic E-state index is 0.777. The Hall–Kier alpha value is -1.96. The van der Waals surface area contributed by atoms with Gasteiger partial charge in [0.25, 0.3) is 0 Å². The van der Waals surface area contributed by atoms with E-state index in [9.17, 15) is 0 Å². The molecule has 0 bridgehead atoms. The van der Waals surface area contributed by atoms with Crippen molar-refractivity contribution in [1.29, 1.82) is 0 Å². The lowest BCUT2D eigenvalue weighted by Crippen LogP contribution is -2.38. The molecule has 2 aliphatic rings. The summed E-state index contributed by atoms with van der Waals surface area (Å²) in [7, 11) is 1.84. The summed E-state index contributed by atoms with van der Waals surface area (Å²) in [6.45, 7) is 6.34. The summed E-state index contributed by atoms with van der Waals surface area (Å²) >= 11 is 1.93. The number of benzene rings is 1. The van der Waals surface area contributed by atoms with Crippen LogP contribution >= 0.6 is 11.3 Å². The van der Waals surface area contributed by atoms with Gasteiger partial charge in [0.05, 0.1) is 23.9 Å². The second-order valence-corrected chi connectivity index (χ2v) is 9.47. The van der Waals surface area contributed by atoms with Crippen LogP contribution in [0.3, 0.4) is 0 Å².